The molecule has 2 atom stereocenters. The molecule has 5 heteroatoms. The normalized spacial score (nSPS) is 21.4. The van der Waals surface area contributed by atoms with Crippen LogP contribution in [0.2, 0.25) is 0 Å². The summed E-state index contributed by atoms with van der Waals surface area (Å²) in [7, 11) is 0. The number of carbonyl (C=O) groups is 2. The molecule has 1 aliphatic heterocycles. The zero-order chi connectivity index (χ0) is 15.9. The summed E-state index contributed by atoms with van der Waals surface area (Å²) in [6.07, 6.45) is 2.33. The fraction of sp³-hybridized carbons (Fsp3) is 0.529. The fourth-order valence-electron chi connectivity index (χ4n) is 2.75. The van der Waals surface area contributed by atoms with Crippen LogP contribution in [-0.4, -0.2) is 41.1 Å². The Kier molecular flexibility index (Phi) is 5.81. The summed E-state index contributed by atoms with van der Waals surface area (Å²) in [5.74, 6) is 0.146. The number of hydrogen-bond donors (Lipinski definition) is 1. The molecule has 1 N–H and O–H groups in total. The third-order valence-electron chi connectivity index (χ3n) is 4.02. The highest BCUT2D eigenvalue weighted by Gasteiger charge is 2.34. The number of nitrogens with zero attached hydrogens (tertiary/aromatic N) is 1. The van der Waals surface area contributed by atoms with Crippen LogP contribution in [0.3, 0.4) is 0 Å². The van der Waals surface area contributed by atoms with E-state index in [1.807, 2.05) is 37.3 Å². The lowest BCUT2D eigenvalue weighted by Crippen LogP contribution is -2.49. The second-order valence-electron chi connectivity index (χ2n) is 5.84. The molecule has 1 aromatic rings. The quantitative estimate of drug-likeness (QED) is 0.820. The van der Waals surface area contributed by atoms with Gasteiger partial charge in [0.05, 0.1) is 6.61 Å². The van der Waals surface area contributed by atoms with Crippen LogP contribution in [0.15, 0.2) is 30.3 Å². The predicted octanol–water partition coefficient (Wildman–Crippen LogP) is 2.56. The van der Waals surface area contributed by atoms with Gasteiger partial charge in [-0.05, 0) is 37.3 Å². The number of rotatable bonds is 6. The lowest BCUT2D eigenvalue weighted by molar-refractivity contribution is -0.153. The van der Waals surface area contributed by atoms with Crippen LogP contribution in [-0.2, 0) is 9.59 Å². The number of para-hydroxylation sites is 1. The molecule has 1 amide bonds. The van der Waals surface area contributed by atoms with E-state index in [0.717, 1.165) is 12.2 Å². The van der Waals surface area contributed by atoms with Crippen molar-refractivity contribution in [2.75, 3.05) is 13.2 Å². The van der Waals surface area contributed by atoms with Gasteiger partial charge in [-0.15, -0.1) is 0 Å². The summed E-state index contributed by atoms with van der Waals surface area (Å²) >= 11 is 0. The number of ether oxygens (including phenoxy) is 1. The molecule has 0 saturated carbocycles. The number of carboxylic acids is 1. The van der Waals surface area contributed by atoms with Gasteiger partial charge in [0.1, 0.15) is 11.8 Å². The molecule has 0 bridgehead atoms. The number of amides is 1. The predicted molar refractivity (Wildman–Crippen MR) is 82.7 cm³/mol. The van der Waals surface area contributed by atoms with E-state index in [1.54, 1.807) is 0 Å². The largest absolute Gasteiger partial charge is 0.494 e. The minimum atomic E-state index is -0.902. The average molecular weight is 305 g/mol. The standard InChI is InChI=1S/C17H23NO4/c1-13-9-10-18(15(12-13)17(20)21)16(19)8-5-11-22-14-6-3-2-4-7-14/h2-4,6-7,13,15H,5,8-12H2,1H3,(H,20,21). The lowest BCUT2D eigenvalue weighted by Gasteiger charge is -2.36. The molecular formula is C17H23NO4. The first kappa shape index (κ1) is 16.3. The van der Waals surface area contributed by atoms with Gasteiger partial charge in [0.15, 0.2) is 0 Å². The Balaban J connectivity index is 1.77. The maximum atomic E-state index is 12.2. The van der Waals surface area contributed by atoms with Gasteiger partial charge in [0.25, 0.3) is 0 Å². The number of aliphatic carboxylic acids is 1. The highest BCUT2D eigenvalue weighted by molar-refractivity contribution is 5.83. The SMILES string of the molecule is CC1CCN(C(=O)CCCOc2ccccc2)C(C(=O)O)C1. The van der Waals surface area contributed by atoms with E-state index in [0.29, 0.717) is 38.3 Å². The lowest BCUT2D eigenvalue weighted by atomic mass is 9.92. The minimum absolute atomic E-state index is 0.0871. The number of hydrogen-bond acceptors (Lipinski definition) is 3. The third kappa shape index (κ3) is 4.48. The topological polar surface area (TPSA) is 66.8 Å². The van der Waals surface area contributed by atoms with Crippen molar-refractivity contribution < 1.29 is 19.4 Å². The number of benzene rings is 1. The summed E-state index contributed by atoms with van der Waals surface area (Å²) in [5.41, 5.74) is 0. The molecular weight excluding hydrogens is 282 g/mol. The molecule has 120 valence electrons. The summed E-state index contributed by atoms with van der Waals surface area (Å²) in [5, 5.41) is 9.28. The molecule has 0 spiro atoms. The van der Waals surface area contributed by atoms with Gasteiger partial charge < -0.3 is 14.7 Å². The number of piperidine rings is 1. The minimum Gasteiger partial charge on any atom is -0.494 e. The number of carboxylic acid groups (broad SMARTS) is 1. The van der Waals surface area contributed by atoms with E-state index in [4.69, 9.17) is 4.74 Å². The molecule has 5 nitrogen and oxygen atoms in total. The van der Waals surface area contributed by atoms with Gasteiger partial charge in [-0.3, -0.25) is 4.79 Å². The van der Waals surface area contributed by atoms with Crippen LogP contribution in [0.5, 0.6) is 5.75 Å². The molecule has 1 aromatic carbocycles. The summed E-state index contributed by atoms with van der Waals surface area (Å²) < 4.78 is 5.55. The Bertz CT molecular complexity index is 503. The van der Waals surface area contributed by atoms with Gasteiger partial charge in [-0.2, -0.15) is 0 Å². The zero-order valence-corrected chi connectivity index (χ0v) is 12.9. The van der Waals surface area contributed by atoms with E-state index in [2.05, 4.69) is 0 Å². The molecule has 0 aromatic heterocycles. The fourth-order valence-corrected chi connectivity index (χ4v) is 2.75. The van der Waals surface area contributed by atoms with Gasteiger partial charge in [-0.1, -0.05) is 25.1 Å². The molecule has 1 aliphatic rings. The van der Waals surface area contributed by atoms with Gasteiger partial charge in [-0.25, -0.2) is 4.79 Å². The maximum absolute atomic E-state index is 12.2. The zero-order valence-electron chi connectivity index (χ0n) is 12.9. The van der Waals surface area contributed by atoms with Crippen molar-refractivity contribution >= 4 is 11.9 Å². The van der Waals surface area contributed by atoms with E-state index in [1.165, 1.54) is 4.90 Å². The van der Waals surface area contributed by atoms with Crippen molar-refractivity contribution in [2.24, 2.45) is 5.92 Å². The summed E-state index contributed by atoms with van der Waals surface area (Å²) in [6.45, 7) is 3.03. The first-order valence-corrected chi connectivity index (χ1v) is 7.78. The Morgan fingerprint density at radius 3 is 2.73 bits per heavy atom. The highest BCUT2D eigenvalue weighted by atomic mass is 16.5. The molecule has 2 rings (SSSR count). The van der Waals surface area contributed by atoms with Crippen LogP contribution in [0.4, 0.5) is 0 Å². The van der Waals surface area contributed by atoms with Crippen molar-refractivity contribution in [3.8, 4) is 5.75 Å². The van der Waals surface area contributed by atoms with Crippen molar-refractivity contribution in [1.82, 2.24) is 4.90 Å². The van der Waals surface area contributed by atoms with Crippen molar-refractivity contribution in [3.05, 3.63) is 30.3 Å². The molecule has 1 heterocycles. The Hall–Kier alpha value is -2.04. The first-order valence-electron chi connectivity index (χ1n) is 7.78. The second kappa shape index (κ2) is 7.82. The van der Waals surface area contributed by atoms with Crippen molar-refractivity contribution in [3.63, 3.8) is 0 Å². The van der Waals surface area contributed by atoms with Gasteiger partial charge >= 0.3 is 5.97 Å². The second-order valence-corrected chi connectivity index (χ2v) is 5.84. The molecule has 22 heavy (non-hydrogen) atoms. The molecule has 1 fully saturated rings. The van der Waals surface area contributed by atoms with Gasteiger partial charge in [0.2, 0.25) is 5.91 Å². The Morgan fingerprint density at radius 1 is 1.32 bits per heavy atom. The monoisotopic (exact) mass is 305 g/mol. The summed E-state index contributed by atoms with van der Waals surface area (Å²) in [6, 6.07) is 8.77. The smallest absolute Gasteiger partial charge is 0.326 e. The van der Waals surface area contributed by atoms with E-state index in [9.17, 15) is 14.7 Å². The van der Waals surface area contributed by atoms with E-state index < -0.39 is 12.0 Å². The molecule has 2 unspecified atom stereocenters. The molecule has 0 aliphatic carbocycles. The van der Waals surface area contributed by atoms with E-state index >= 15 is 0 Å². The third-order valence-corrected chi connectivity index (χ3v) is 4.02. The Labute approximate surface area is 130 Å². The van der Waals surface area contributed by atoms with Crippen LogP contribution < -0.4 is 4.74 Å². The number of carbonyl (C=O) groups excluding carboxylic acids is 1. The Morgan fingerprint density at radius 2 is 2.05 bits per heavy atom. The van der Waals surface area contributed by atoms with Crippen LogP contribution in [0.25, 0.3) is 0 Å². The van der Waals surface area contributed by atoms with Crippen molar-refractivity contribution in [2.45, 2.75) is 38.6 Å². The maximum Gasteiger partial charge on any atom is 0.326 e. The first-order chi connectivity index (χ1) is 10.6. The number of likely N-dealkylation sites (tertiary alicyclic amines) is 1. The molecule has 1 saturated heterocycles. The van der Waals surface area contributed by atoms with Crippen LogP contribution >= 0.6 is 0 Å². The van der Waals surface area contributed by atoms with Crippen LogP contribution in [0, 0.1) is 5.92 Å². The van der Waals surface area contributed by atoms with E-state index in [-0.39, 0.29) is 5.91 Å². The molecule has 0 radical (unpaired) electrons. The van der Waals surface area contributed by atoms with Crippen molar-refractivity contribution in [1.29, 1.82) is 0 Å². The summed E-state index contributed by atoms with van der Waals surface area (Å²) in [4.78, 5) is 25.1. The average Bonchev–Trinajstić information content (AvgIpc) is 2.52. The van der Waals surface area contributed by atoms with Gasteiger partial charge in [0, 0.05) is 13.0 Å². The van der Waals surface area contributed by atoms with Crippen LogP contribution in [0.1, 0.15) is 32.6 Å². The highest BCUT2D eigenvalue weighted by Crippen LogP contribution is 2.23.